The first kappa shape index (κ1) is 13.8. The van der Waals surface area contributed by atoms with E-state index >= 15 is 0 Å². The van der Waals surface area contributed by atoms with Crippen molar-refractivity contribution in [3.05, 3.63) is 48.2 Å². The number of fused-ring (bicyclic) bond motifs is 1. The zero-order chi connectivity index (χ0) is 15.0. The molecule has 108 valence electrons. The molecule has 0 saturated heterocycles. The number of alkyl halides is 1. The zero-order valence-corrected chi connectivity index (χ0v) is 12.3. The van der Waals surface area contributed by atoms with Gasteiger partial charge in [-0.15, -0.1) is 11.6 Å². The molecule has 0 amide bonds. The standard InChI is InChI=1S/C15H13ClFN3O/c1-9(16)14-19-12-4-3-7-18-15(12)20(14)10-5-6-11(17)13(8-10)21-2/h3-9H,1-2H3. The van der Waals surface area contributed by atoms with Crippen LogP contribution in [0.5, 0.6) is 5.75 Å². The molecular weight excluding hydrogens is 293 g/mol. The Kier molecular flexibility index (Phi) is 3.51. The quantitative estimate of drug-likeness (QED) is 0.690. The number of rotatable bonds is 3. The summed E-state index contributed by atoms with van der Waals surface area (Å²) < 4.78 is 20.4. The predicted molar refractivity (Wildman–Crippen MR) is 79.6 cm³/mol. The third-order valence-electron chi connectivity index (χ3n) is 3.19. The minimum Gasteiger partial charge on any atom is -0.494 e. The summed E-state index contributed by atoms with van der Waals surface area (Å²) in [6.45, 7) is 1.83. The van der Waals surface area contributed by atoms with Crippen LogP contribution in [0.1, 0.15) is 18.1 Å². The van der Waals surface area contributed by atoms with Crippen LogP contribution in [0, 0.1) is 5.82 Å². The number of methoxy groups -OCH3 is 1. The van der Waals surface area contributed by atoms with Crippen molar-refractivity contribution in [2.75, 3.05) is 7.11 Å². The second-order valence-corrected chi connectivity index (χ2v) is 5.24. The van der Waals surface area contributed by atoms with Gasteiger partial charge in [-0.2, -0.15) is 0 Å². The lowest BCUT2D eigenvalue weighted by Gasteiger charge is -2.11. The van der Waals surface area contributed by atoms with Gasteiger partial charge in [-0.05, 0) is 31.2 Å². The highest BCUT2D eigenvalue weighted by Crippen LogP contribution is 2.29. The van der Waals surface area contributed by atoms with E-state index in [0.717, 1.165) is 5.52 Å². The topological polar surface area (TPSA) is 39.9 Å². The molecule has 3 aromatic rings. The van der Waals surface area contributed by atoms with Crippen molar-refractivity contribution in [3.63, 3.8) is 0 Å². The Morgan fingerprint density at radius 1 is 1.33 bits per heavy atom. The van der Waals surface area contributed by atoms with E-state index in [1.807, 2.05) is 23.6 Å². The van der Waals surface area contributed by atoms with E-state index in [9.17, 15) is 4.39 Å². The number of benzene rings is 1. The van der Waals surface area contributed by atoms with Crippen LogP contribution in [0.3, 0.4) is 0 Å². The van der Waals surface area contributed by atoms with E-state index in [1.165, 1.54) is 13.2 Å². The number of halogens is 2. The molecule has 21 heavy (non-hydrogen) atoms. The van der Waals surface area contributed by atoms with Crippen molar-refractivity contribution >= 4 is 22.8 Å². The van der Waals surface area contributed by atoms with Crippen LogP contribution in [0.2, 0.25) is 0 Å². The molecule has 0 aliphatic carbocycles. The maximum atomic E-state index is 13.6. The van der Waals surface area contributed by atoms with E-state index in [0.29, 0.717) is 17.2 Å². The van der Waals surface area contributed by atoms with Gasteiger partial charge in [-0.3, -0.25) is 4.57 Å². The zero-order valence-electron chi connectivity index (χ0n) is 11.5. The van der Waals surface area contributed by atoms with E-state index < -0.39 is 5.82 Å². The number of hydrogen-bond donors (Lipinski definition) is 0. The first-order valence-corrected chi connectivity index (χ1v) is 6.87. The Morgan fingerprint density at radius 2 is 2.14 bits per heavy atom. The molecular formula is C15H13ClFN3O. The molecule has 6 heteroatoms. The first-order valence-electron chi connectivity index (χ1n) is 6.43. The average molecular weight is 306 g/mol. The lowest BCUT2D eigenvalue weighted by molar-refractivity contribution is 0.386. The van der Waals surface area contributed by atoms with Crippen molar-refractivity contribution in [2.24, 2.45) is 0 Å². The van der Waals surface area contributed by atoms with Crippen molar-refractivity contribution in [1.29, 1.82) is 0 Å². The molecule has 0 aliphatic heterocycles. The molecule has 0 spiro atoms. The van der Waals surface area contributed by atoms with Gasteiger partial charge in [0.1, 0.15) is 11.3 Å². The van der Waals surface area contributed by atoms with Crippen LogP contribution in [-0.2, 0) is 0 Å². The summed E-state index contributed by atoms with van der Waals surface area (Å²) in [5, 5.41) is -0.310. The summed E-state index contributed by atoms with van der Waals surface area (Å²) in [4.78, 5) is 8.85. The Balaban J connectivity index is 2.30. The normalized spacial score (nSPS) is 12.6. The molecule has 1 atom stereocenters. The van der Waals surface area contributed by atoms with Gasteiger partial charge in [0.25, 0.3) is 0 Å². The summed E-state index contributed by atoms with van der Waals surface area (Å²) in [6, 6.07) is 8.28. The van der Waals surface area contributed by atoms with Crippen LogP contribution < -0.4 is 4.74 Å². The van der Waals surface area contributed by atoms with Crippen molar-refractivity contribution < 1.29 is 9.13 Å². The monoisotopic (exact) mass is 305 g/mol. The lowest BCUT2D eigenvalue weighted by atomic mass is 10.2. The van der Waals surface area contributed by atoms with E-state index in [4.69, 9.17) is 16.3 Å². The van der Waals surface area contributed by atoms with Gasteiger partial charge in [-0.25, -0.2) is 14.4 Å². The molecule has 4 nitrogen and oxygen atoms in total. The number of hydrogen-bond acceptors (Lipinski definition) is 3. The highest BCUT2D eigenvalue weighted by molar-refractivity contribution is 6.20. The van der Waals surface area contributed by atoms with E-state index in [2.05, 4.69) is 9.97 Å². The van der Waals surface area contributed by atoms with Crippen LogP contribution in [0.4, 0.5) is 4.39 Å². The van der Waals surface area contributed by atoms with Gasteiger partial charge in [0.2, 0.25) is 0 Å². The largest absolute Gasteiger partial charge is 0.494 e. The molecule has 0 fully saturated rings. The molecule has 0 N–H and O–H groups in total. The summed E-state index contributed by atoms with van der Waals surface area (Å²) in [5.74, 6) is 0.400. The second kappa shape index (κ2) is 5.33. The molecule has 0 aliphatic rings. The Morgan fingerprint density at radius 3 is 2.86 bits per heavy atom. The fourth-order valence-corrected chi connectivity index (χ4v) is 2.39. The predicted octanol–water partition coefficient (Wildman–Crippen LogP) is 3.87. The van der Waals surface area contributed by atoms with Crippen LogP contribution in [0.15, 0.2) is 36.5 Å². The third-order valence-corrected chi connectivity index (χ3v) is 3.39. The summed E-state index contributed by atoms with van der Waals surface area (Å²) in [7, 11) is 1.43. The molecule has 0 saturated carbocycles. The molecule has 3 rings (SSSR count). The van der Waals surface area contributed by atoms with Gasteiger partial charge in [0.05, 0.1) is 18.2 Å². The summed E-state index contributed by atoms with van der Waals surface area (Å²) in [6.07, 6.45) is 1.68. The Bertz CT molecular complexity index is 801. The van der Waals surface area contributed by atoms with Crippen molar-refractivity contribution in [3.8, 4) is 11.4 Å². The summed E-state index contributed by atoms with van der Waals surface area (Å²) in [5.41, 5.74) is 2.12. The van der Waals surface area contributed by atoms with Gasteiger partial charge in [0, 0.05) is 12.3 Å². The van der Waals surface area contributed by atoms with Crippen LogP contribution >= 0.6 is 11.6 Å². The minimum absolute atomic E-state index is 0.165. The van der Waals surface area contributed by atoms with Gasteiger partial charge < -0.3 is 4.74 Å². The highest BCUT2D eigenvalue weighted by Gasteiger charge is 2.18. The first-order chi connectivity index (χ1) is 10.1. The molecule has 2 heterocycles. The molecule has 1 aromatic carbocycles. The van der Waals surface area contributed by atoms with Crippen LogP contribution in [-0.4, -0.2) is 21.6 Å². The summed E-state index contributed by atoms with van der Waals surface area (Å²) >= 11 is 6.22. The maximum Gasteiger partial charge on any atom is 0.165 e. The highest BCUT2D eigenvalue weighted by atomic mass is 35.5. The van der Waals surface area contributed by atoms with E-state index in [1.54, 1.807) is 18.3 Å². The average Bonchev–Trinajstić information content (AvgIpc) is 2.87. The van der Waals surface area contributed by atoms with Gasteiger partial charge in [-0.1, -0.05) is 0 Å². The SMILES string of the molecule is COc1cc(-n2c(C(C)Cl)nc3cccnc32)ccc1F. The number of pyridine rings is 1. The minimum atomic E-state index is -0.417. The molecule has 0 radical (unpaired) electrons. The van der Waals surface area contributed by atoms with Crippen molar-refractivity contribution in [2.45, 2.75) is 12.3 Å². The fraction of sp³-hybridized carbons (Fsp3) is 0.200. The smallest absolute Gasteiger partial charge is 0.165 e. The Hall–Kier alpha value is -2.14. The lowest BCUT2D eigenvalue weighted by Crippen LogP contribution is -2.03. The second-order valence-electron chi connectivity index (χ2n) is 4.59. The third kappa shape index (κ3) is 2.34. The fourth-order valence-electron chi connectivity index (χ4n) is 2.24. The molecule has 0 bridgehead atoms. The number of ether oxygens (including phenoxy) is 1. The molecule has 1 unspecified atom stereocenters. The number of nitrogens with zero attached hydrogens (tertiary/aromatic N) is 3. The van der Waals surface area contributed by atoms with Gasteiger partial charge >= 0.3 is 0 Å². The number of aromatic nitrogens is 3. The number of imidazole rings is 1. The maximum absolute atomic E-state index is 13.6. The molecule has 2 aromatic heterocycles. The van der Waals surface area contributed by atoms with Gasteiger partial charge in [0.15, 0.2) is 17.2 Å². The van der Waals surface area contributed by atoms with Crippen molar-refractivity contribution in [1.82, 2.24) is 14.5 Å². The van der Waals surface area contributed by atoms with Crippen LogP contribution in [0.25, 0.3) is 16.9 Å². The van der Waals surface area contributed by atoms with E-state index in [-0.39, 0.29) is 11.1 Å². The Labute approximate surface area is 126 Å².